The molecule has 0 aliphatic heterocycles. The zero-order valence-corrected chi connectivity index (χ0v) is 5.44. The summed E-state index contributed by atoms with van der Waals surface area (Å²) < 4.78 is 0. The second kappa shape index (κ2) is 33.7. The van der Waals surface area contributed by atoms with Crippen LogP contribution in [0.1, 0.15) is 0 Å². The zero-order chi connectivity index (χ0) is 2.00. The van der Waals surface area contributed by atoms with Gasteiger partial charge in [0, 0.05) is 39.8 Å². The van der Waals surface area contributed by atoms with Crippen LogP contribution in [-0.4, -0.2) is 12.2 Å². The molecule has 1 nitrogen and oxygen atoms in total. The predicted molar refractivity (Wildman–Crippen MR) is 12.4 cm³/mol. The van der Waals surface area contributed by atoms with Crippen LogP contribution < -0.4 is 0 Å². The van der Waals surface area contributed by atoms with Crippen molar-refractivity contribution in [2.75, 3.05) is 7.11 Å². The van der Waals surface area contributed by atoms with Crippen LogP contribution in [0.5, 0.6) is 0 Å². The molecule has 0 unspecified atom stereocenters. The molecular weight excluding hydrogens is 129 g/mol. The summed E-state index contributed by atoms with van der Waals surface area (Å²) in [6.07, 6.45) is 0. The molecule has 23 valence electrons. The van der Waals surface area contributed by atoms with E-state index in [1.807, 2.05) is 0 Å². The fourth-order valence-corrected chi connectivity index (χ4v) is 0. The van der Waals surface area contributed by atoms with Crippen molar-refractivity contribution >= 4 is 0 Å². The van der Waals surface area contributed by atoms with E-state index in [1.165, 1.54) is 0 Å². The summed E-state index contributed by atoms with van der Waals surface area (Å²) in [5.74, 6) is 0. The Hall–Kier alpha value is 1.06. The van der Waals surface area contributed by atoms with Crippen LogP contribution in [0.2, 0.25) is 0 Å². The molecule has 1 N–H and O–H groups in total. The van der Waals surface area contributed by atoms with E-state index in [2.05, 4.69) is 0 Å². The fourth-order valence-electron chi connectivity index (χ4n) is 0. The Morgan fingerprint density at radius 1 is 1.25 bits per heavy atom. The van der Waals surface area contributed by atoms with E-state index >= 15 is 0 Å². The molecular formula is C2H5OY-. The van der Waals surface area contributed by atoms with E-state index in [4.69, 9.17) is 5.11 Å². The molecule has 0 bridgehead atoms. The Bertz CT molecular complexity index is 6.00. The molecule has 3 radical (unpaired) electrons. The van der Waals surface area contributed by atoms with Crippen molar-refractivity contribution in [1.29, 1.82) is 0 Å². The maximum Gasteiger partial charge on any atom is 0.0319 e. The van der Waals surface area contributed by atoms with Gasteiger partial charge < -0.3 is 12.5 Å². The van der Waals surface area contributed by atoms with Gasteiger partial charge in [-0.1, -0.05) is 0 Å². The van der Waals surface area contributed by atoms with Crippen LogP contribution >= 0.6 is 0 Å². The van der Waals surface area contributed by atoms with Crippen LogP contribution in [-0.2, 0) is 32.7 Å². The van der Waals surface area contributed by atoms with Crippen molar-refractivity contribution in [3.05, 3.63) is 7.43 Å². The first-order valence-electron chi connectivity index (χ1n) is 0.447. The molecule has 0 aliphatic carbocycles. The molecule has 2 heteroatoms. The van der Waals surface area contributed by atoms with E-state index < -0.39 is 0 Å². The Balaban J connectivity index is -0.00000000500. The van der Waals surface area contributed by atoms with Crippen molar-refractivity contribution in [3.63, 3.8) is 0 Å². The smallest absolute Gasteiger partial charge is 0.0319 e. The Kier molecular flexibility index (Phi) is 165. The molecule has 0 saturated carbocycles. The van der Waals surface area contributed by atoms with E-state index in [0.29, 0.717) is 0 Å². The molecule has 4 heavy (non-hydrogen) atoms. The van der Waals surface area contributed by atoms with E-state index in [1.54, 1.807) is 0 Å². The molecule has 0 aromatic carbocycles. The van der Waals surface area contributed by atoms with Gasteiger partial charge in [0.25, 0.3) is 0 Å². The third-order valence-electron chi connectivity index (χ3n) is 0. The van der Waals surface area contributed by atoms with Gasteiger partial charge in [0.2, 0.25) is 0 Å². The van der Waals surface area contributed by atoms with Crippen LogP contribution in [0.4, 0.5) is 0 Å². The Morgan fingerprint density at radius 3 is 1.25 bits per heavy atom. The van der Waals surface area contributed by atoms with Crippen LogP contribution in [0.15, 0.2) is 0 Å². The summed E-state index contributed by atoms with van der Waals surface area (Å²) in [6, 6.07) is 0. The molecule has 0 aromatic rings. The molecule has 0 aliphatic rings. The zero-order valence-electron chi connectivity index (χ0n) is 2.60. The number of hydrogen-bond acceptors (Lipinski definition) is 1. The van der Waals surface area contributed by atoms with Gasteiger partial charge in [-0.3, -0.25) is 0 Å². The van der Waals surface area contributed by atoms with Crippen molar-refractivity contribution < 1.29 is 37.8 Å². The maximum absolute atomic E-state index is 7.00. The van der Waals surface area contributed by atoms with Gasteiger partial charge in [-0.05, 0) is 0 Å². The molecule has 0 spiro atoms. The van der Waals surface area contributed by atoms with E-state index in [-0.39, 0.29) is 40.1 Å². The first-order valence-corrected chi connectivity index (χ1v) is 0.447. The Labute approximate surface area is 52.3 Å². The molecule has 0 fully saturated rings. The standard InChI is InChI=1S/CH4O.CH.Y/c1-2;;/h2H,1H3;1H;/q;-1;. The monoisotopic (exact) mass is 134 g/mol. The first kappa shape index (κ1) is 19.6. The fraction of sp³-hybridized carbons (Fsp3) is 0.500. The van der Waals surface area contributed by atoms with Gasteiger partial charge in [-0.15, -0.1) is 0 Å². The topological polar surface area (TPSA) is 20.2 Å². The predicted octanol–water partition coefficient (Wildman–Crippen LogP) is -0.190. The SMILES string of the molecule is CO.[CH-].[Y]. The minimum absolute atomic E-state index is 0. The summed E-state index contributed by atoms with van der Waals surface area (Å²) in [5, 5.41) is 7.00. The van der Waals surface area contributed by atoms with Gasteiger partial charge in [-0.25, -0.2) is 0 Å². The third kappa shape index (κ3) is 11.5. The minimum Gasteiger partial charge on any atom is -0.726 e. The summed E-state index contributed by atoms with van der Waals surface area (Å²) in [4.78, 5) is 0. The first-order chi connectivity index (χ1) is 1.00. The van der Waals surface area contributed by atoms with Gasteiger partial charge in [0.1, 0.15) is 0 Å². The van der Waals surface area contributed by atoms with Crippen molar-refractivity contribution in [3.8, 4) is 0 Å². The second-order valence-corrected chi connectivity index (χ2v) is 0. The summed E-state index contributed by atoms with van der Waals surface area (Å²) in [5.41, 5.74) is 0. The summed E-state index contributed by atoms with van der Waals surface area (Å²) in [7, 11) is 1.00. The number of aliphatic hydroxyl groups excluding tert-OH is 1. The van der Waals surface area contributed by atoms with Crippen LogP contribution in [0.25, 0.3) is 0 Å². The summed E-state index contributed by atoms with van der Waals surface area (Å²) >= 11 is 0. The average Bonchev–Trinajstić information content (AvgIpc) is 1.00. The van der Waals surface area contributed by atoms with Crippen LogP contribution in [0.3, 0.4) is 0 Å². The van der Waals surface area contributed by atoms with Crippen molar-refractivity contribution in [2.45, 2.75) is 0 Å². The Morgan fingerprint density at radius 2 is 1.25 bits per heavy atom. The molecule has 0 amide bonds. The average molecular weight is 134 g/mol. The van der Waals surface area contributed by atoms with Gasteiger partial charge in [-0.2, -0.15) is 0 Å². The maximum atomic E-state index is 7.00. The largest absolute Gasteiger partial charge is 0.726 e. The van der Waals surface area contributed by atoms with E-state index in [9.17, 15) is 0 Å². The number of hydrogen-bond donors (Lipinski definition) is 1. The van der Waals surface area contributed by atoms with Gasteiger partial charge >= 0.3 is 0 Å². The number of aliphatic hydroxyl groups is 1. The van der Waals surface area contributed by atoms with Crippen LogP contribution in [0, 0.1) is 7.43 Å². The van der Waals surface area contributed by atoms with Gasteiger partial charge in [0.15, 0.2) is 0 Å². The molecule has 0 aromatic heterocycles. The van der Waals surface area contributed by atoms with Crippen molar-refractivity contribution in [2.24, 2.45) is 0 Å². The molecule has 0 saturated heterocycles. The van der Waals surface area contributed by atoms with E-state index in [0.717, 1.165) is 7.11 Å². The quantitative estimate of drug-likeness (QED) is 0.455. The molecule has 0 rings (SSSR count). The number of rotatable bonds is 0. The van der Waals surface area contributed by atoms with Crippen molar-refractivity contribution in [1.82, 2.24) is 0 Å². The van der Waals surface area contributed by atoms with Gasteiger partial charge in [0.05, 0.1) is 0 Å². The summed E-state index contributed by atoms with van der Waals surface area (Å²) in [6.45, 7) is 0. The molecule has 0 heterocycles. The molecule has 0 atom stereocenters. The second-order valence-electron chi connectivity index (χ2n) is 0. The third-order valence-corrected chi connectivity index (χ3v) is 0. The minimum atomic E-state index is 0. The normalized spacial score (nSPS) is 1.50.